The SMILES string of the molecule is C=CC(NCCC)c1ccc(F)c(C(F)(F)F)c1. The second-order valence-corrected chi connectivity index (χ2v) is 3.90. The summed E-state index contributed by atoms with van der Waals surface area (Å²) in [5.74, 6) is -1.26. The Morgan fingerprint density at radius 2 is 2.06 bits per heavy atom. The van der Waals surface area contributed by atoms with E-state index in [-0.39, 0.29) is 0 Å². The van der Waals surface area contributed by atoms with E-state index in [0.717, 1.165) is 18.6 Å². The molecule has 5 heteroatoms. The Morgan fingerprint density at radius 3 is 2.56 bits per heavy atom. The highest BCUT2D eigenvalue weighted by Crippen LogP contribution is 2.33. The first-order chi connectivity index (χ1) is 8.40. The van der Waals surface area contributed by atoms with Crippen molar-refractivity contribution in [3.05, 3.63) is 47.8 Å². The average Bonchev–Trinajstić information content (AvgIpc) is 2.30. The molecular formula is C13H15F4N. The Kier molecular flexibility index (Phi) is 4.90. The fourth-order valence-corrected chi connectivity index (χ4v) is 1.59. The third-order valence-electron chi connectivity index (χ3n) is 2.50. The second-order valence-electron chi connectivity index (χ2n) is 3.90. The summed E-state index contributed by atoms with van der Waals surface area (Å²) >= 11 is 0. The first kappa shape index (κ1) is 14.7. The van der Waals surface area contributed by atoms with Gasteiger partial charge in [-0.05, 0) is 30.7 Å². The van der Waals surface area contributed by atoms with Crippen molar-refractivity contribution in [2.75, 3.05) is 6.54 Å². The molecule has 1 rings (SSSR count). The van der Waals surface area contributed by atoms with Gasteiger partial charge in [0, 0.05) is 0 Å². The largest absolute Gasteiger partial charge is 0.419 e. The molecule has 0 aliphatic heterocycles. The molecule has 0 spiro atoms. The Balaban J connectivity index is 3.06. The maximum absolute atomic E-state index is 13.1. The normalized spacial score (nSPS) is 13.4. The molecule has 0 saturated carbocycles. The van der Waals surface area contributed by atoms with Crippen LogP contribution in [0, 0.1) is 5.82 Å². The number of hydrogen-bond acceptors (Lipinski definition) is 1. The van der Waals surface area contributed by atoms with Crippen LogP contribution in [0.3, 0.4) is 0 Å². The molecule has 0 radical (unpaired) electrons. The summed E-state index contributed by atoms with van der Waals surface area (Å²) in [4.78, 5) is 0. The Hall–Kier alpha value is -1.36. The number of rotatable bonds is 5. The highest BCUT2D eigenvalue weighted by molar-refractivity contribution is 5.31. The van der Waals surface area contributed by atoms with Crippen molar-refractivity contribution in [2.45, 2.75) is 25.6 Å². The molecule has 0 bridgehead atoms. The van der Waals surface area contributed by atoms with Crippen LogP contribution in [0.5, 0.6) is 0 Å². The molecule has 0 aliphatic rings. The van der Waals surface area contributed by atoms with Crippen LogP contribution in [-0.2, 0) is 6.18 Å². The highest BCUT2D eigenvalue weighted by atomic mass is 19.4. The molecule has 1 N–H and O–H groups in total. The van der Waals surface area contributed by atoms with E-state index in [1.807, 2.05) is 6.92 Å². The van der Waals surface area contributed by atoms with Gasteiger partial charge in [0.15, 0.2) is 0 Å². The Morgan fingerprint density at radius 1 is 1.39 bits per heavy atom. The molecule has 0 heterocycles. The van der Waals surface area contributed by atoms with Gasteiger partial charge in [0.1, 0.15) is 5.82 Å². The van der Waals surface area contributed by atoms with Gasteiger partial charge in [-0.25, -0.2) is 4.39 Å². The smallest absolute Gasteiger partial charge is 0.307 e. The fourth-order valence-electron chi connectivity index (χ4n) is 1.59. The zero-order valence-electron chi connectivity index (χ0n) is 10.0. The van der Waals surface area contributed by atoms with E-state index in [9.17, 15) is 17.6 Å². The Labute approximate surface area is 104 Å². The summed E-state index contributed by atoms with van der Waals surface area (Å²) < 4.78 is 50.8. The van der Waals surface area contributed by atoms with E-state index in [4.69, 9.17) is 0 Å². The van der Waals surface area contributed by atoms with E-state index in [0.29, 0.717) is 12.1 Å². The number of halogens is 4. The van der Waals surface area contributed by atoms with E-state index in [1.54, 1.807) is 0 Å². The lowest BCUT2D eigenvalue weighted by molar-refractivity contribution is -0.140. The van der Waals surface area contributed by atoms with E-state index in [2.05, 4.69) is 11.9 Å². The minimum atomic E-state index is -4.68. The quantitative estimate of drug-likeness (QED) is 0.622. The lowest BCUT2D eigenvalue weighted by Crippen LogP contribution is -2.21. The summed E-state index contributed by atoms with van der Waals surface area (Å²) in [5, 5.41) is 3.03. The minimum Gasteiger partial charge on any atom is -0.307 e. The van der Waals surface area contributed by atoms with E-state index < -0.39 is 23.6 Å². The van der Waals surface area contributed by atoms with Crippen molar-refractivity contribution in [2.24, 2.45) is 0 Å². The van der Waals surface area contributed by atoms with Crippen molar-refractivity contribution in [3.8, 4) is 0 Å². The molecular weight excluding hydrogens is 246 g/mol. The summed E-state index contributed by atoms with van der Waals surface area (Å²) in [6, 6.07) is 2.58. The monoisotopic (exact) mass is 261 g/mol. The summed E-state index contributed by atoms with van der Waals surface area (Å²) in [6.07, 6.45) is -2.34. The molecule has 0 amide bonds. The third-order valence-corrected chi connectivity index (χ3v) is 2.50. The van der Waals surface area contributed by atoms with Gasteiger partial charge < -0.3 is 5.32 Å². The van der Waals surface area contributed by atoms with Crippen molar-refractivity contribution in [1.82, 2.24) is 5.32 Å². The van der Waals surface area contributed by atoms with Gasteiger partial charge in [-0.2, -0.15) is 13.2 Å². The fraction of sp³-hybridized carbons (Fsp3) is 0.385. The molecule has 1 nitrogen and oxygen atoms in total. The molecule has 1 atom stereocenters. The maximum atomic E-state index is 13.1. The number of benzene rings is 1. The van der Waals surface area contributed by atoms with Crippen LogP contribution in [-0.4, -0.2) is 6.54 Å². The van der Waals surface area contributed by atoms with Gasteiger partial charge in [-0.15, -0.1) is 6.58 Å². The van der Waals surface area contributed by atoms with Crippen LogP contribution in [0.25, 0.3) is 0 Å². The predicted molar refractivity (Wildman–Crippen MR) is 62.6 cm³/mol. The van der Waals surface area contributed by atoms with Gasteiger partial charge in [-0.1, -0.05) is 19.1 Å². The van der Waals surface area contributed by atoms with E-state index >= 15 is 0 Å². The number of nitrogens with one attached hydrogen (secondary N) is 1. The lowest BCUT2D eigenvalue weighted by Gasteiger charge is -2.17. The standard InChI is InChI=1S/C13H15F4N/c1-3-7-18-12(4-2)9-5-6-11(14)10(8-9)13(15,16)17/h4-6,8,12,18H,2-3,7H2,1H3. The molecule has 1 unspecified atom stereocenters. The third kappa shape index (κ3) is 3.57. The Bertz CT molecular complexity index is 412. The molecule has 1 aromatic rings. The van der Waals surface area contributed by atoms with Gasteiger partial charge in [0.25, 0.3) is 0 Å². The van der Waals surface area contributed by atoms with Crippen LogP contribution in [0.4, 0.5) is 17.6 Å². The van der Waals surface area contributed by atoms with Crippen LogP contribution in [0.1, 0.15) is 30.5 Å². The van der Waals surface area contributed by atoms with Crippen LogP contribution in [0.15, 0.2) is 30.9 Å². The van der Waals surface area contributed by atoms with Crippen molar-refractivity contribution in [3.63, 3.8) is 0 Å². The zero-order chi connectivity index (χ0) is 13.8. The van der Waals surface area contributed by atoms with Crippen LogP contribution >= 0.6 is 0 Å². The molecule has 0 fully saturated rings. The van der Waals surface area contributed by atoms with E-state index in [1.165, 1.54) is 12.1 Å². The summed E-state index contributed by atoms with van der Waals surface area (Å²) in [6.45, 7) is 6.16. The second kappa shape index (κ2) is 6.00. The van der Waals surface area contributed by atoms with Crippen molar-refractivity contribution in [1.29, 1.82) is 0 Å². The van der Waals surface area contributed by atoms with Crippen molar-refractivity contribution >= 4 is 0 Å². The van der Waals surface area contributed by atoms with Crippen LogP contribution in [0.2, 0.25) is 0 Å². The topological polar surface area (TPSA) is 12.0 Å². The number of hydrogen-bond donors (Lipinski definition) is 1. The molecule has 1 aromatic carbocycles. The first-order valence-corrected chi connectivity index (χ1v) is 5.62. The van der Waals surface area contributed by atoms with Crippen LogP contribution < -0.4 is 5.32 Å². The van der Waals surface area contributed by atoms with Gasteiger partial charge in [0.05, 0.1) is 11.6 Å². The predicted octanol–water partition coefficient (Wildman–Crippen LogP) is 4.07. The molecule has 0 aromatic heterocycles. The average molecular weight is 261 g/mol. The van der Waals surface area contributed by atoms with Gasteiger partial charge in [-0.3, -0.25) is 0 Å². The lowest BCUT2D eigenvalue weighted by atomic mass is 10.0. The van der Waals surface area contributed by atoms with Crippen molar-refractivity contribution < 1.29 is 17.6 Å². The summed E-state index contributed by atoms with van der Waals surface area (Å²) in [5.41, 5.74) is -0.891. The first-order valence-electron chi connectivity index (χ1n) is 5.62. The highest BCUT2D eigenvalue weighted by Gasteiger charge is 2.34. The van der Waals surface area contributed by atoms with Gasteiger partial charge >= 0.3 is 6.18 Å². The molecule has 0 saturated heterocycles. The number of alkyl halides is 3. The zero-order valence-corrected chi connectivity index (χ0v) is 10.0. The molecule has 18 heavy (non-hydrogen) atoms. The minimum absolute atomic E-state index is 0.354. The summed E-state index contributed by atoms with van der Waals surface area (Å²) in [7, 11) is 0. The molecule has 0 aliphatic carbocycles. The van der Waals surface area contributed by atoms with Gasteiger partial charge in [0.2, 0.25) is 0 Å². The maximum Gasteiger partial charge on any atom is 0.419 e. The molecule has 100 valence electrons.